The third-order valence-corrected chi connectivity index (χ3v) is 2.98. The third kappa shape index (κ3) is 3.57. The van der Waals surface area contributed by atoms with Crippen LogP contribution in [0.15, 0.2) is 22.7 Å². The van der Waals surface area contributed by atoms with E-state index in [2.05, 4.69) is 42.0 Å². The monoisotopic (exact) mass is 286 g/mol. The molecule has 0 fully saturated rings. The van der Waals surface area contributed by atoms with Crippen molar-refractivity contribution in [1.29, 1.82) is 0 Å². The van der Waals surface area contributed by atoms with Gasteiger partial charge in [0.1, 0.15) is 0 Å². The Hall–Kier alpha value is -0.940. The number of rotatable bonds is 3. The topological polar surface area (TPSA) is 55.2 Å². The van der Waals surface area contributed by atoms with Gasteiger partial charge in [0.15, 0.2) is 0 Å². The lowest BCUT2D eigenvalue weighted by atomic mass is 10.1. The van der Waals surface area contributed by atoms with Crippen LogP contribution < -0.4 is 5.32 Å². The maximum atomic E-state index is 10.7. The van der Waals surface area contributed by atoms with Crippen molar-refractivity contribution < 1.29 is 4.92 Å². The molecule has 1 aromatic rings. The van der Waals surface area contributed by atoms with E-state index in [9.17, 15) is 10.1 Å². The average molecular weight is 287 g/mol. The molecule has 4 nitrogen and oxygen atoms in total. The van der Waals surface area contributed by atoms with E-state index in [0.29, 0.717) is 11.0 Å². The number of halogens is 1. The van der Waals surface area contributed by atoms with Crippen molar-refractivity contribution in [3.63, 3.8) is 0 Å². The lowest BCUT2D eigenvalue weighted by molar-refractivity contribution is -0.385. The zero-order chi connectivity index (χ0) is 12.3. The smallest absolute Gasteiger partial charge is 0.283 e. The molecule has 0 saturated carbocycles. The predicted octanol–water partition coefficient (Wildman–Crippen LogP) is 3.25. The molecule has 88 valence electrons. The SMILES string of the molecule is CC(C)(C)NCc1cccc([N+](=O)[O-])c1Br. The zero-order valence-corrected chi connectivity index (χ0v) is 11.2. The quantitative estimate of drug-likeness (QED) is 0.686. The summed E-state index contributed by atoms with van der Waals surface area (Å²) in [6.45, 7) is 6.76. The van der Waals surface area contributed by atoms with Crippen molar-refractivity contribution >= 4 is 21.6 Å². The van der Waals surface area contributed by atoms with E-state index in [-0.39, 0.29) is 16.1 Å². The van der Waals surface area contributed by atoms with E-state index >= 15 is 0 Å². The molecule has 1 aromatic carbocycles. The first kappa shape index (κ1) is 13.1. The van der Waals surface area contributed by atoms with Crippen molar-refractivity contribution in [3.05, 3.63) is 38.3 Å². The highest BCUT2D eigenvalue weighted by atomic mass is 79.9. The van der Waals surface area contributed by atoms with Gasteiger partial charge in [-0.25, -0.2) is 0 Å². The standard InChI is InChI=1S/C11H15BrN2O2/c1-11(2,3)13-7-8-5-4-6-9(10(8)12)14(15)16/h4-6,13H,7H2,1-3H3. The van der Waals surface area contributed by atoms with Crippen molar-refractivity contribution in [2.24, 2.45) is 0 Å². The lowest BCUT2D eigenvalue weighted by Gasteiger charge is -2.20. The predicted molar refractivity (Wildman–Crippen MR) is 67.4 cm³/mol. The highest BCUT2D eigenvalue weighted by Crippen LogP contribution is 2.28. The number of nitro benzene ring substituents is 1. The summed E-state index contributed by atoms with van der Waals surface area (Å²) in [5, 5.41) is 14.0. The Balaban J connectivity index is 2.90. The van der Waals surface area contributed by atoms with Crippen LogP contribution in [0.3, 0.4) is 0 Å². The number of nitrogens with one attached hydrogen (secondary N) is 1. The Morgan fingerprint density at radius 1 is 1.44 bits per heavy atom. The average Bonchev–Trinajstić information content (AvgIpc) is 2.14. The molecule has 0 amide bonds. The minimum absolute atomic E-state index is 0.00986. The molecule has 0 aliphatic heterocycles. The summed E-state index contributed by atoms with van der Waals surface area (Å²) in [5.41, 5.74) is 0.988. The molecule has 1 N–H and O–H groups in total. The van der Waals surface area contributed by atoms with Crippen molar-refractivity contribution in [2.75, 3.05) is 0 Å². The van der Waals surface area contributed by atoms with Crippen LogP contribution in [-0.4, -0.2) is 10.5 Å². The Bertz CT molecular complexity index is 399. The molecule has 0 heterocycles. The van der Waals surface area contributed by atoms with Gasteiger partial charge in [0.05, 0.1) is 9.40 Å². The molecule has 0 radical (unpaired) electrons. The molecule has 0 aliphatic carbocycles. The van der Waals surface area contributed by atoms with Gasteiger partial charge in [0, 0.05) is 18.2 Å². The van der Waals surface area contributed by atoms with Crippen molar-refractivity contribution in [2.45, 2.75) is 32.9 Å². The van der Waals surface area contributed by atoms with Crippen LogP contribution in [0.2, 0.25) is 0 Å². The number of benzene rings is 1. The second-order valence-corrected chi connectivity index (χ2v) is 5.40. The van der Waals surface area contributed by atoms with Gasteiger partial charge in [-0.2, -0.15) is 0 Å². The molecule has 0 bridgehead atoms. The van der Waals surface area contributed by atoms with E-state index in [1.807, 2.05) is 6.07 Å². The molecule has 0 spiro atoms. The first-order valence-electron chi connectivity index (χ1n) is 4.98. The van der Waals surface area contributed by atoms with Crippen LogP contribution in [0, 0.1) is 10.1 Å². The number of hydrogen-bond donors (Lipinski definition) is 1. The fourth-order valence-electron chi connectivity index (χ4n) is 1.20. The minimum Gasteiger partial charge on any atom is -0.308 e. The van der Waals surface area contributed by atoms with Gasteiger partial charge < -0.3 is 5.32 Å². The Morgan fingerprint density at radius 2 is 2.06 bits per heavy atom. The summed E-state index contributed by atoms with van der Waals surface area (Å²) in [6.07, 6.45) is 0. The highest BCUT2D eigenvalue weighted by molar-refractivity contribution is 9.10. The van der Waals surface area contributed by atoms with Crippen LogP contribution in [0.25, 0.3) is 0 Å². The van der Waals surface area contributed by atoms with E-state index in [4.69, 9.17) is 0 Å². The summed E-state index contributed by atoms with van der Waals surface area (Å²) in [7, 11) is 0. The Labute approximate surface area is 103 Å². The zero-order valence-electron chi connectivity index (χ0n) is 9.58. The van der Waals surface area contributed by atoms with Gasteiger partial charge in [0.2, 0.25) is 0 Å². The van der Waals surface area contributed by atoms with Crippen LogP contribution in [0.5, 0.6) is 0 Å². The normalized spacial score (nSPS) is 11.5. The summed E-state index contributed by atoms with van der Waals surface area (Å²) >= 11 is 3.27. The third-order valence-electron chi connectivity index (χ3n) is 2.06. The van der Waals surface area contributed by atoms with Crippen LogP contribution in [0.1, 0.15) is 26.3 Å². The largest absolute Gasteiger partial charge is 0.308 e. The summed E-state index contributed by atoms with van der Waals surface area (Å²) in [5.74, 6) is 0. The number of nitro groups is 1. The van der Waals surface area contributed by atoms with Gasteiger partial charge in [-0.15, -0.1) is 0 Å². The van der Waals surface area contributed by atoms with Gasteiger partial charge in [0.25, 0.3) is 5.69 Å². The van der Waals surface area contributed by atoms with Crippen LogP contribution in [0.4, 0.5) is 5.69 Å². The summed E-state index contributed by atoms with van der Waals surface area (Å²) < 4.78 is 0.553. The molecule has 0 saturated heterocycles. The fraction of sp³-hybridized carbons (Fsp3) is 0.455. The van der Waals surface area contributed by atoms with Gasteiger partial charge in [-0.1, -0.05) is 12.1 Å². The first-order valence-corrected chi connectivity index (χ1v) is 5.77. The molecular formula is C11H15BrN2O2. The molecular weight excluding hydrogens is 272 g/mol. The maximum Gasteiger partial charge on any atom is 0.283 e. The molecule has 0 unspecified atom stereocenters. The van der Waals surface area contributed by atoms with Crippen LogP contribution in [-0.2, 0) is 6.54 Å². The second kappa shape index (κ2) is 4.93. The highest BCUT2D eigenvalue weighted by Gasteiger charge is 2.16. The van der Waals surface area contributed by atoms with Gasteiger partial charge in [-0.3, -0.25) is 10.1 Å². The summed E-state index contributed by atoms with van der Waals surface area (Å²) in [6, 6.07) is 5.06. The molecule has 0 aromatic heterocycles. The number of nitrogens with zero attached hydrogens (tertiary/aromatic N) is 1. The maximum absolute atomic E-state index is 10.7. The Kier molecular flexibility index (Phi) is 4.04. The fourth-order valence-corrected chi connectivity index (χ4v) is 1.75. The van der Waals surface area contributed by atoms with E-state index in [1.54, 1.807) is 6.07 Å². The minimum atomic E-state index is -0.384. The number of hydrogen-bond acceptors (Lipinski definition) is 3. The summed E-state index contributed by atoms with van der Waals surface area (Å²) in [4.78, 5) is 10.3. The van der Waals surface area contributed by atoms with E-state index in [1.165, 1.54) is 6.07 Å². The second-order valence-electron chi connectivity index (χ2n) is 4.61. The van der Waals surface area contributed by atoms with Gasteiger partial charge >= 0.3 is 0 Å². The van der Waals surface area contributed by atoms with Crippen molar-refractivity contribution in [1.82, 2.24) is 5.32 Å². The molecule has 0 atom stereocenters. The van der Waals surface area contributed by atoms with E-state index < -0.39 is 0 Å². The van der Waals surface area contributed by atoms with Crippen molar-refractivity contribution in [3.8, 4) is 0 Å². The van der Waals surface area contributed by atoms with Gasteiger partial charge in [-0.05, 0) is 42.3 Å². The molecule has 0 aliphatic rings. The first-order chi connectivity index (χ1) is 7.31. The lowest BCUT2D eigenvalue weighted by Crippen LogP contribution is -2.35. The Morgan fingerprint density at radius 3 is 2.56 bits per heavy atom. The van der Waals surface area contributed by atoms with Crippen LogP contribution >= 0.6 is 15.9 Å². The molecule has 5 heteroatoms. The molecule has 1 rings (SSSR count). The molecule has 16 heavy (non-hydrogen) atoms. The van der Waals surface area contributed by atoms with E-state index in [0.717, 1.165) is 5.56 Å².